The Morgan fingerprint density at radius 1 is 1.30 bits per heavy atom. The molecule has 7 heteroatoms. The van der Waals surface area contributed by atoms with Crippen LogP contribution in [0.3, 0.4) is 0 Å². The Labute approximate surface area is 115 Å². The van der Waals surface area contributed by atoms with Crippen LogP contribution < -0.4 is 5.73 Å². The monoisotopic (exact) mass is 290 g/mol. The van der Waals surface area contributed by atoms with Crippen LogP contribution in [0.1, 0.15) is 12.0 Å². The maximum Gasteiger partial charge on any atom is 0.390 e. The normalized spacial score (nSPS) is 15.1. The third-order valence-corrected chi connectivity index (χ3v) is 2.97. The number of benzene rings is 1. The predicted octanol–water partition coefficient (Wildman–Crippen LogP) is 1.81. The van der Waals surface area contributed by atoms with Gasteiger partial charge in [0, 0.05) is 13.1 Å². The van der Waals surface area contributed by atoms with E-state index >= 15 is 0 Å². The lowest BCUT2D eigenvalue weighted by atomic mass is 9.90. The number of nitrogens with two attached hydrogens (primary N) is 1. The summed E-state index contributed by atoms with van der Waals surface area (Å²) in [6.45, 7) is -0.509. The van der Waals surface area contributed by atoms with Gasteiger partial charge in [-0.25, -0.2) is 4.79 Å². The summed E-state index contributed by atoms with van der Waals surface area (Å²) in [5.41, 5.74) is 4.50. The van der Waals surface area contributed by atoms with Crippen molar-refractivity contribution in [2.75, 3.05) is 20.1 Å². The van der Waals surface area contributed by atoms with E-state index in [4.69, 9.17) is 5.73 Å². The number of carbonyl (C=O) groups is 1. The zero-order valence-corrected chi connectivity index (χ0v) is 11.0. The minimum absolute atomic E-state index is 0.206. The third-order valence-electron chi connectivity index (χ3n) is 2.97. The number of aliphatic carboxylic acids is 1. The van der Waals surface area contributed by atoms with Gasteiger partial charge in [-0.2, -0.15) is 13.2 Å². The van der Waals surface area contributed by atoms with Gasteiger partial charge in [-0.1, -0.05) is 30.3 Å². The smallest absolute Gasteiger partial charge is 0.390 e. The summed E-state index contributed by atoms with van der Waals surface area (Å²) in [5.74, 6) is -1.28. The first-order valence-electron chi connectivity index (χ1n) is 5.98. The first kappa shape index (κ1) is 16.5. The van der Waals surface area contributed by atoms with E-state index in [1.807, 2.05) is 0 Å². The predicted molar refractivity (Wildman–Crippen MR) is 68.1 cm³/mol. The number of carboxylic acid groups (broad SMARTS) is 1. The maximum atomic E-state index is 12.2. The molecule has 0 fully saturated rings. The number of alkyl halides is 3. The lowest BCUT2D eigenvalue weighted by Gasteiger charge is -2.30. The molecule has 0 heterocycles. The second-order valence-corrected chi connectivity index (χ2v) is 4.75. The van der Waals surface area contributed by atoms with E-state index in [9.17, 15) is 23.1 Å². The molecule has 1 rings (SSSR count). The molecule has 4 nitrogen and oxygen atoms in total. The van der Waals surface area contributed by atoms with Gasteiger partial charge in [-0.3, -0.25) is 0 Å². The molecule has 1 unspecified atom stereocenters. The largest absolute Gasteiger partial charge is 0.480 e. The zero-order valence-electron chi connectivity index (χ0n) is 11.0. The van der Waals surface area contributed by atoms with Crippen LogP contribution in [0.15, 0.2) is 30.3 Å². The van der Waals surface area contributed by atoms with Crippen LogP contribution in [0.2, 0.25) is 0 Å². The van der Waals surface area contributed by atoms with Gasteiger partial charge in [-0.05, 0) is 12.6 Å². The Bertz CT molecular complexity index is 451. The van der Waals surface area contributed by atoms with Crippen molar-refractivity contribution >= 4 is 5.97 Å². The van der Waals surface area contributed by atoms with Crippen LogP contribution in [0.25, 0.3) is 0 Å². The molecule has 1 aromatic carbocycles. The van der Waals surface area contributed by atoms with Crippen molar-refractivity contribution in [1.82, 2.24) is 4.90 Å². The Hall–Kier alpha value is -1.60. The number of likely N-dealkylation sites (N-methyl/N-ethyl adjacent to an activating group) is 1. The van der Waals surface area contributed by atoms with Crippen LogP contribution in [-0.4, -0.2) is 42.3 Å². The van der Waals surface area contributed by atoms with Gasteiger partial charge < -0.3 is 15.7 Å². The van der Waals surface area contributed by atoms with E-state index in [0.717, 1.165) is 0 Å². The number of hydrogen-bond donors (Lipinski definition) is 2. The average molecular weight is 290 g/mol. The molecule has 0 saturated carbocycles. The minimum Gasteiger partial charge on any atom is -0.480 e. The average Bonchev–Trinajstić information content (AvgIpc) is 2.36. The van der Waals surface area contributed by atoms with E-state index in [1.54, 1.807) is 30.3 Å². The van der Waals surface area contributed by atoms with E-state index in [2.05, 4.69) is 0 Å². The van der Waals surface area contributed by atoms with Crippen LogP contribution in [-0.2, 0) is 10.3 Å². The molecule has 3 N–H and O–H groups in total. The molecule has 0 spiro atoms. The number of carboxylic acids is 1. The Morgan fingerprint density at radius 3 is 2.30 bits per heavy atom. The van der Waals surface area contributed by atoms with Crippen LogP contribution >= 0.6 is 0 Å². The molecule has 112 valence electrons. The quantitative estimate of drug-likeness (QED) is 0.838. The standard InChI is InChI=1S/C13H17F3N2O2/c1-18(8-7-13(14,15)16)9-12(17,11(19)20)10-5-3-2-4-6-10/h2-6H,7-9,17H2,1H3,(H,19,20). The topological polar surface area (TPSA) is 66.6 Å². The second kappa shape index (κ2) is 6.23. The highest BCUT2D eigenvalue weighted by Crippen LogP contribution is 2.22. The van der Waals surface area contributed by atoms with Crippen molar-refractivity contribution < 1.29 is 23.1 Å². The van der Waals surface area contributed by atoms with Gasteiger partial charge in [0.1, 0.15) is 0 Å². The van der Waals surface area contributed by atoms with Crippen molar-refractivity contribution in [2.24, 2.45) is 5.73 Å². The summed E-state index contributed by atoms with van der Waals surface area (Å²) in [5, 5.41) is 9.29. The fraction of sp³-hybridized carbons (Fsp3) is 0.462. The van der Waals surface area contributed by atoms with E-state index in [-0.39, 0.29) is 13.1 Å². The summed E-state index contributed by atoms with van der Waals surface area (Å²) in [6, 6.07) is 8.07. The van der Waals surface area contributed by atoms with E-state index in [0.29, 0.717) is 5.56 Å². The molecule has 0 aromatic heterocycles. The lowest BCUT2D eigenvalue weighted by Crippen LogP contribution is -2.53. The van der Waals surface area contributed by atoms with Gasteiger partial charge in [-0.15, -0.1) is 0 Å². The minimum atomic E-state index is -4.28. The third kappa shape index (κ3) is 4.50. The molecular weight excluding hydrogens is 273 g/mol. The Morgan fingerprint density at radius 2 is 1.85 bits per heavy atom. The fourth-order valence-corrected chi connectivity index (χ4v) is 1.84. The molecule has 0 aliphatic carbocycles. The molecule has 0 amide bonds. The molecule has 0 bridgehead atoms. The van der Waals surface area contributed by atoms with Gasteiger partial charge in [0.25, 0.3) is 0 Å². The van der Waals surface area contributed by atoms with Gasteiger partial charge >= 0.3 is 12.1 Å². The first-order chi connectivity index (χ1) is 9.15. The number of halogens is 3. The molecule has 0 saturated heterocycles. The van der Waals surface area contributed by atoms with E-state index < -0.39 is 24.1 Å². The molecule has 1 aromatic rings. The Balaban J connectivity index is 2.80. The van der Waals surface area contributed by atoms with E-state index in [1.165, 1.54) is 11.9 Å². The summed E-state index contributed by atoms with van der Waals surface area (Å²) in [4.78, 5) is 12.7. The maximum absolute atomic E-state index is 12.2. The summed E-state index contributed by atoms with van der Waals surface area (Å²) in [6.07, 6.45) is -5.28. The van der Waals surface area contributed by atoms with Gasteiger partial charge in [0.15, 0.2) is 5.54 Å². The van der Waals surface area contributed by atoms with Crippen LogP contribution in [0.4, 0.5) is 13.2 Å². The first-order valence-corrected chi connectivity index (χ1v) is 5.98. The summed E-state index contributed by atoms with van der Waals surface area (Å²) < 4.78 is 36.5. The van der Waals surface area contributed by atoms with Crippen molar-refractivity contribution in [3.63, 3.8) is 0 Å². The molecule has 1 atom stereocenters. The molecule has 20 heavy (non-hydrogen) atoms. The summed E-state index contributed by atoms with van der Waals surface area (Å²) in [7, 11) is 1.42. The van der Waals surface area contributed by atoms with Crippen molar-refractivity contribution in [3.05, 3.63) is 35.9 Å². The number of nitrogens with zero attached hydrogens (tertiary/aromatic N) is 1. The summed E-state index contributed by atoms with van der Waals surface area (Å²) >= 11 is 0. The van der Waals surface area contributed by atoms with Crippen molar-refractivity contribution in [2.45, 2.75) is 18.1 Å². The number of hydrogen-bond acceptors (Lipinski definition) is 3. The SMILES string of the molecule is CN(CCC(F)(F)F)CC(N)(C(=O)O)c1ccccc1. The lowest BCUT2D eigenvalue weighted by molar-refractivity contribution is -0.145. The fourth-order valence-electron chi connectivity index (χ4n) is 1.84. The van der Waals surface area contributed by atoms with Crippen LogP contribution in [0.5, 0.6) is 0 Å². The van der Waals surface area contributed by atoms with Gasteiger partial charge in [0.05, 0.1) is 6.42 Å². The number of rotatable bonds is 6. The molecule has 0 aliphatic rings. The van der Waals surface area contributed by atoms with Crippen molar-refractivity contribution in [1.29, 1.82) is 0 Å². The Kier molecular flexibility index (Phi) is 5.13. The van der Waals surface area contributed by atoms with Crippen molar-refractivity contribution in [3.8, 4) is 0 Å². The molecule has 0 aliphatic heterocycles. The molecular formula is C13H17F3N2O2. The molecule has 0 radical (unpaired) electrons. The van der Waals surface area contributed by atoms with Crippen LogP contribution in [0, 0.1) is 0 Å². The highest BCUT2D eigenvalue weighted by atomic mass is 19.4. The van der Waals surface area contributed by atoms with Gasteiger partial charge in [0.2, 0.25) is 0 Å². The zero-order chi connectivity index (χ0) is 15.4. The highest BCUT2D eigenvalue weighted by Gasteiger charge is 2.38. The highest BCUT2D eigenvalue weighted by molar-refractivity contribution is 5.80. The second-order valence-electron chi connectivity index (χ2n) is 4.75.